The average molecular weight is 255 g/mol. The Morgan fingerprint density at radius 3 is 2.61 bits per heavy atom. The molecule has 3 N–H and O–H groups in total. The fourth-order valence-electron chi connectivity index (χ4n) is 2.50. The molecule has 104 valence electrons. The van der Waals surface area contributed by atoms with Crippen molar-refractivity contribution in [1.82, 2.24) is 10.2 Å². The molecule has 0 bridgehead atoms. The molecule has 0 spiro atoms. The van der Waals surface area contributed by atoms with E-state index in [1.807, 2.05) is 6.92 Å². The lowest BCUT2D eigenvalue weighted by molar-refractivity contribution is -0.134. The molecule has 0 aromatic heterocycles. The minimum absolute atomic E-state index is 0.0668. The van der Waals surface area contributed by atoms with E-state index in [1.165, 1.54) is 0 Å². The van der Waals surface area contributed by atoms with Crippen LogP contribution in [0.5, 0.6) is 0 Å². The second-order valence-corrected chi connectivity index (χ2v) is 5.22. The number of carbonyl (C=O) groups is 2. The number of likely N-dealkylation sites (N-methyl/N-ethyl adjacent to an activating group) is 1. The van der Waals surface area contributed by atoms with Crippen LogP contribution in [0.3, 0.4) is 0 Å². The maximum absolute atomic E-state index is 12.1. The summed E-state index contributed by atoms with van der Waals surface area (Å²) in [4.78, 5) is 25.3. The molecule has 1 aliphatic rings. The third kappa shape index (κ3) is 3.70. The van der Waals surface area contributed by atoms with Crippen LogP contribution in [0, 0.1) is 11.8 Å². The third-order valence-electron chi connectivity index (χ3n) is 3.89. The molecule has 0 saturated heterocycles. The van der Waals surface area contributed by atoms with Gasteiger partial charge < -0.3 is 16.0 Å². The number of amides is 2. The Bertz CT molecular complexity index is 297. The zero-order valence-corrected chi connectivity index (χ0v) is 11.6. The second kappa shape index (κ2) is 6.73. The Labute approximate surface area is 109 Å². The normalized spacial score (nSPS) is 27.7. The van der Waals surface area contributed by atoms with E-state index < -0.39 is 0 Å². The molecule has 3 atom stereocenters. The first-order chi connectivity index (χ1) is 8.47. The summed E-state index contributed by atoms with van der Waals surface area (Å²) in [7, 11) is 1.73. The SMILES string of the molecule is CCN(C)C(=O)CNC(=O)C1C(C)CCCC1N. The molecular weight excluding hydrogens is 230 g/mol. The van der Waals surface area contributed by atoms with Gasteiger partial charge in [-0.15, -0.1) is 0 Å². The van der Waals surface area contributed by atoms with Crippen LogP contribution in [-0.2, 0) is 9.59 Å². The average Bonchev–Trinajstić information content (AvgIpc) is 2.34. The van der Waals surface area contributed by atoms with E-state index in [0.29, 0.717) is 12.5 Å². The Kier molecular flexibility index (Phi) is 5.59. The fraction of sp³-hybridized carbons (Fsp3) is 0.846. The molecule has 2 amide bonds. The largest absolute Gasteiger partial charge is 0.347 e. The summed E-state index contributed by atoms with van der Waals surface area (Å²) < 4.78 is 0. The van der Waals surface area contributed by atoms with Gasteiger partial charge in [-0.2, -0.15) is 0 Å². The van der Waals surface area contributed by atoms with Gasteiger partial charge in [-0.05, 0) is 25.7 Å². The Morgan fingerprint density at radius 2 is 2.06 bits per heavy atom. The molecule has 5 heteroatoms. The monoisotopic (exact) mass is 255 g/mol. The van der Waals surface area contributed by atoms with Gasteiger partial charge in [0.05, 0.1) is 12.5 Å². The molecule has 0 heterocycles. The van der Waals surface area contributed by atoms with Gasteiger partial charge in [0, 0.05) is 19.6 Å². The lowest BCUT2D eigenvalue weighted by atomic mass is 9.76. The summed E-state index contributed by atoms with van der Waals surface area (Å²) in [6.07, 6.45) is 3.02. The number of nitrogens with zero attached hydrogens (tertiary/aromatic N) is 1. The minimum Gasteiger partial charge on any atom is -0.347 e. The van der Waals surface area contributed by atoms with E-state index in [1.54, 1.807) is 11.9 Å². The smallest absolute Gasteiger partial charge is 0.241 e. The third-order valence-corrected chi connectivity index (χ3v) is 3.89. The molecule has 5 nitrogen and oxygen atoms in total. The molecule has 3 unspecified atom stereocenters. The van der Waals surface area contributed by atoms with Crippen molar-refractivity contribution in [3.63, 3.8) is 0 Å². The Morgan fingerprint density at radius 1 is 1.39 bits per heavy atom. The van der Waals surface area contributed by atoms with Gasteiger partial charge in [0.2, 0.25) is 11.8 Å². The fourth-order valence-corrected chi connectivity index (χ4v) is 2.50. The first-order valence-corrected chi connectivity index (χ1v) is 6.74. The lowest BCUT2D eigenvalue weighted by Gasteiger charge is -2.33. The minimum atomic E-state index is -0.154. The highest BCUT2D eigenvalue weighted by atomic mass is 16.2. The van der Waals surface area contributed by atoms with Gasteiger partial charge in [0.1, 0.15) is 0 Å². The van der Waals surface area contributed by atoms with Gasteiger partial charge in [0.15, 0.2) is 0 Å². The van der Waals surface area contributed by atoms with Crippen LogP contribution in [0.4, 0.5) is 0 Å². The van der Waals surface area contributed by atoms with E-state index in [-0.39, 0.29) is 30.3 Å². The summed E-state index contributed by atoms with van der Waals surface area (Å²) >= 11 is 0. The number of rotatable bonds is 4. The van der Waals surface area contributed by atoms with Gasteiger partial charge in [0.25, 0.3) is 0 Å². The van der Waals surface area contributed by atoms with Gasteiger partial charge in [-0.1, -0.05) is 13.3 Å². The molecular formula is C13H25N3O2. The second-order valence-electron chi connectivity index (χ2n) is 5.22. The van der Waals surface area contributed by atoms with Gasteiger partial charge in [-0.3, -0.25) is 9.59 Å². The van der Waals surface area contributed by atoms with Crippen molar-refractivity contribution in [3.05, 3.63) is 0 Å². The zero-order chi connectivity index (χ0) is 13.7. The van der Waals surface area contributed by atoms with Crippen molar-refractivity contribution in [2.75, 3.05) is 20.1 Å². The predicted molar refractivity (Wildman–Crippen MR) is 70.8 cm³/mol. The summed E-state index contributed by atoms with van der Waals surface area (Å²) in [6, 6.07) is -0.0762. The molecule has 1 rings (SSSR count). The van der Waals surface area contributed by atoms with Crippen molar-refractivity contribution in [3.8, 4) is 0 Å². The molecule has 18 heavy (non-hydrogen) atoms. The van der Waals surface area contributed by atoms with Crippen LogP contribution in [-0.4, -0.2) is 42.9 Å². The Hall–Kier alpha value is -1.10. The van der Waals surface area contributed by atoms with E-state index in [2.05, 4.69) is 12.2 Å². The number of nitrogens with one attached hydrogen (secondary N) is 1. The number of carbonyl (C=O) groups excluding carboxylic acids is 2. The van der Waals surface area contributed by atoms with Crippen LogP contribution < -0.4 is 11.1 Å². The number of nitrogens with two attached hydrogens (primary N) is 1. The van der Waals surface area contributed by atoms with Crippen LogP contribution in [0.15, 0.2) is 0 Å². The van der Waals surface area contributed by atoms with Crippen molar-refractivity contribution < 1.29 is 9.59 Å². The van der Waals surface area contributed by atoms with Gasteiger partial charge >= 0.3 is 0 Å². The molecule has 0 aliphatic heterocycles. The highest BCUT2D eigenvalue weighted by Crippen LogP contribution is 2.28. The molecule has 0 aromatic carbocycles. The standard InChI is InChI=1S/C13H25N3O2/c1-4-16(3)11(17)8-15-13(18)12-9(2)6-5-7-10(12)14/h9-10,12H,4-8,14H2,1-3H3,(H,15,18). The molecule has 0 aromatic rings. The van der Waals surface area contributed by atoms with Crippen molar-refractivity contribution in [2.24, 2.45) is 17.6 Å². The van der Waals surface area contributed by atoms with Crippen LogP contribution >= 0.6 is 0 Å². The van der Waals surface area contributed by atoms with Crippen molar-refractivity contribution in [2.45, 2.75) is 39.2 Å². The van der Waals surface area contributed by atoms with E-state index in [9.17, 15) is 9.59 Å². The number of hydrogen-bond acceptors (Lipinski definition) is 3. The van der Waals surface area contributed by atoms with Crippen molar-refractivity contribution >= 4 is 11.8 Å². The summed E-state index contributed by atoms with van der Waals surface area (Å²) in [6.45, 7) is 4.68. The maximum Gasteiger partial charge on any atom is 0.241 e. The topological polar surface area (TPSA) is 75.4 Å². The van der Waals surface area contributed by atoms with Crippen LogP contribution in [0.25, 0.3) is 0 Å². The summed E-state index contributed by atoms with van der Waals surface area (Å²) in [5, 5.41) is 2.72. The van der Waals surface area contributed by atoms with Gasteiger partial charge in [-0.25, -0.2) is 0 Å². The lowest BCUT2D eigenvalue weighted by Crippen LogP contribution is -2.49. The Balaban J connectivity index is 2.47. The highest BCUT2D eigenvalue weighted by molar-refractivity contribution is 5.86. The molecule has 0 radical (unpaired) electrons. The molecule has 1 fully saturated rings. The van der Waals surface area contributed by atoms with E-state index >= 15 is 0 Å². The summed E-state index contributed by atoms with van der Waals surface area (Å²) in [5.74, 6) is 0.00155. The van der Waals surface area contributed by atoms with E-state index in [0.717, 1.165) is 19.3 Å². The van der Waals surface area contributed by atoms with Crippen LogP contribution in [0.2, 0.25) is 0 Å². The maximum atomic E-state index is 12.1. The molecule has 1 saturated carbocycles. The predicted octanol–water partition coefficient (Wildman–Crippen LogP) is 0.344. The highest BCUT2D eigenvalue weighted by Gasteiger charge is 2.33. The van der Waals surface area contributed by atoms with Crippen LogP contribution in [0.1, 0.15) is 33.1 Å². The molecule has 1 aliphatic carbocycles. The first-order valence-electron chi connectivity index (χ1n) is 6.74. The zero-order valence-electron chi connectivity index (χ0n) is 11.6. The summed E-state index contributed by atoms with van der Waals surface area (Å²) in [5.41, 5.74) is 6.01. The quantitative estimate of drug-likeness (QED) is 0.761. The van der Waals surface area contributed by atoms with Crippen molar-refractivity contribution in [1.29, 1.82) is 0 Å². The first kappa shape index (κ1) is 15.0. The number of hydrogen-bond donors (Lipinski definition) is 2. The van der Waals surface area contributed by atoms with E-state index in [4.69, 9.17) is 5.73 Å².